The molecule has 0 aliphatic heterocycles. The van der Waals surface area contributed by atoms with Crippen molar-refractivity contribution < 1.29 is 0 Å². The molecule has 1 aromatic carbocycles. The largest absolute Gasteiger partial charge is 0.122 e. The minimum absolute atomic E-state index is 0.917. The quantitative estimate of drug-likeness (QED) is 0.733. The summed E-state index contributed by atoms with van der Waals surface area (Å²) in [5, 5.41) is 0. The molecule has 1 aromatic rings. The zero-order chi connectivity index (χ0) is 8.81. The predicted octanol–water partition coefficient (Wildman–Crippen LogP) is 4.29. The second kappa shape index (κ2) is 5.68. The van der Waals surface area contributed by atoms with Crippen molar-refractivity contribution in [2.45, 2.75) is 4.90 Å². The Bertz CT molecular complexity index is 273. The van der Waals surface area contributed by atoms with Crippen LogP contribution in [-0.2, 0) is 0 Å². The highest BCUT2D eigenvalue weighted by Gasteiger charge is 1.91. The predicted molar refractivity (Wildman–Crippen MR) is 59.9 cm³/mol. The minimum atomic E-state index is 0.917. The van der Waals surface area contributed by atoms with E-state index < -0.39 is 0 Å². The summed E-state index contributed by atoms with van der Waals surface area (Å²) in [6, 6.07) is 8.21. The van der Waals surface area contributed by atoms with Crippen molar-refractivity contribution in [2.75, 3.05) is 5.75 Å². The van der Waals surface area contributed by atoms with Crippen molar-refractivity contribution >= 4 is 39.3 Å². The molecule has 0 amide bonds. The lowest BCUT2D eigenvalue weighted by molar-refractivity contribution is 1.43. The maximum Gasteiger partial charge on any atom is 0.0186 e. The fourth-order valence-electron chi connectivity index (χ4n) is 0.737. The summed E-state index contributed by atoms with van der Waals surface area (Å²) in [5.74, 6) is 0.917. The maximum absolute atomic E-state index is 5.40. The van der Waals surface area contributed by atoms with Gasteiger partial charge >= 0.3 is 0 Å². The summed E-state index contributed by atoms with van der Waals surface area (Å²) in [6.07, 6.45) is 1.92. The summed E-state index contributed by atoms with van der Waals surface area (Å²) < 4.78 is 1.11. The molecule has 12 heavy (non-hydrogen) atoms. The number of benzene rings is 1. The molecule has 0 fully saturated rings. The van der Waals surface area contributed by atoms with Crippen LogP contribution in [0.25, 0.3) is 0 Å². The van der Waals surface area contributed by atoms with E-state index in [9.17, 15) is 0 Å². The van der Waals surface area contributed by atoms with Crippen LogP contribution < -0.4 is 0 Å². The van der Waals surface area contributed by atoms with Crippen molar-refractivity contribution in [3.8, 4) is 0 Å². The average molecular weight is 264 g/mol. The molecular formula is C9H8BrClS. The van der Waals surface area contributed by atoms with Gasteiger partial charge < -0.3 is 0 Å². The molecule has 3 heteroatoms. The normalized spacial score (nSPS) is 10.8. The number of thioether (sulfide) groups is 1. The van der Waals surface area contributed by atoms with E-state index in [2.05, 4.69) is 28.1 Å². The van der Waals surface area contributed by atoms with Gasteiger partial charge in [-0.15, -0.1) is 11.8 Å². The molecule has 0 atom stereocenters. The lowest BCUT2D eigenvalue weighted by Crippen LogP contribution is -1.73. The van der Waals surface area contributed by atoms with Gasteiger partial charge in [-0.1, -0.05) is 39.7 Å². The van der Waals surface area contributed by atoms with E-state index in [1.807, 2.05) is 18.2 Å². The first kappa shape index (κ1) is 10.2. The first-order valence-corrected chi connectivity index (χ1v) is 5.68. The van der Waals surface area contributed by atoms with Crippen molar-refractivity contribution in [3.05, 3.63) is 40.3 Å². The summed E-state index contributed by atoms with van der Waals surface area (Å²) >= 11 is 10.6. The number of hydrogen-bond acceptors (Lipinski definition) is 1. The first-order chi connectivity index (χ1) is 5.83. The summed E-state index contributed by atoms with van der Waals surface area (Å²) in [6.45, 7) is 0. The monoisotopic (exact) mass is 262 g/mol. The van der Waals surface area contributed by atoms with Gasteiger partial charge in [0.2, 0.25) is 0 Å². The Morgan fingerprint density at radius 1 is 1.50 bits per heavy atom. The van der Waals surface area contributed by atoms with Gasteiger partial charge in [0.1, 0.15) is 0 Å². The molecule has 0 nitrogen and oxygen atoms in total. The molecule has 0 aliphatic rings. The second-order valence-corrected chi connectivity index (χ2v) is 4.39. The van der Waals surface area contributed by atoms with Crippen LogP contribution in [0.4, 0.5) is 0 Å². The average Bonchev–Trinajstić information content (AvgIpc) is 2.05. The van der Waals surface area contributed by atoms with Crippen molar-refractivity contribution in [2.24, 2.45) is 0 Å². The SMILES string of the molecule is Cl/C=C/CSc1cccc(Br)c1. The van der Waals surface area contributed by atoms with E-state index in [4.69, 9.17) is 11.6 Å². The lowest BCUT2D eigenvalue weighted by atomic mass is 10.4. The number of halogens is 2. The Morgan fingerprint density at radius 3 is 3.00 bits per heavy atom. The highest BCUT2D eigenvalue weighted by Crippen LogP contribution is 2.21. The molecule has 0 spiro atoms. The van der Waals surface area contributed by atoms with Crippen LogP contribution in [0, 0.1) is 0 Å². The summed E-state index contributed by atoms with van der Waals surface area (Å²) in [7, 11) is 0. The molecule has 64 valence electrons. The topological polar surface area (TPSA) is 0 Å². The van der Waals surface area contributed by atoms with Crippen LogP contribution in [0.15, 0.2) is 45.2 Å². The Balaban J connectivity index is 2.52. The van der Waals surface area contributed by atoms with Gasteiger partial charge in [-0.25, -0.2) is 0 Å². The number of hydrogen-bond donors (Lipinski definition) is 0. The molecule has 0 aliphatic carbocycles. The van der Waals surface area contributed by atoms with Crippen LogP contribution >= 0.6 is 39.3 Å². The molecule has 0 radical (unpaired) electrons. The van der Waals surface area contributed by atoms with E-state index >= 15 is 0 Å². The van der Waals surface area contributed by atoms with E-state index in [1.54, 1.807) is 17.3 Å². The Labute approximate surface area is 90.1 Å². The van der Waals surface area contributed by atoms with Gasteiger partial charge in [0.05, 0.1) is 0 Å². The summed E-state index contributed by atoms with van der Waals surface area (Å²) in [5.41, 5.74) is 1.55. The molecule has 0 aromatic heterocycles. The lowest BCUT2D eigenvalue weighted by Gasteiger charge is -1.97. The zero-order valence-corrected chi connectivity index (χ0v) is 9.49. The Hall–Kier alpha value is 0.0800. The van der Waals surface area contributed by atoms with Crippen molar-refractivity contribution in [1.29, 1.82) is 0 Å². The van der Waals surface area contributed by atoms with E-state index in [0.29, 0.717) is 0 Å². The molecule has 0 unspecified atom stereocenters. The highest BCUT2D eigenvalue weighted by atomic mass is 79.9. The van der Waals surface area contributed by atoms with E-state index in [-0.39, 0.29) is 0 Å². The van der Waals surface area contributed by atoms with Crippen LogP contribution in [0.5, 0.6) is 0 Å². The van der Waals surface area contributed by atoms with Crippen LogP contribution in [0.3, 0.4) is 0 Å². The molecule has 0 heterocycles. The van der Waals surface area contributed by atoms with Crippen LogP contribution in [0.2, 0.25) is 0 Å². The van der Waals surface area contributed by atoms with Gasteiger partial charge in [0.25, 0.3) is 0 Å². The maximum atomic E-state index is 5.40. The third kappa shape index (κ3) is 3.65. The number of rotatable bonds is 3. The fourth-order valence-corrected chi connectivity index (χ4v) is 2.25. The van der Waals surface area contributed by atoms with Gasteiger partial charge in [0, 0.05) is 20.7 Å². The van der Waals surface area contributed by atoms with Crippen LogP contribution in [-0.4, -0.2) is 5.75 Å². The molecule has 0 saturated carbocycles. The Morgan fingerprint density at radius 2 is 2.33 bits per heavy atom. The second-order valence-electron chi connectivity index (χ2n) is 2.13. The molecule has 0 N–H and O–H groups in total. The molecule has 1 rings (SSSR count). The fraction of sp³-hybridized carbons (Fsp3) is 0.111. The molecule has 0 bridgehead atoms. The molecule has 0 saturated heterocycles. The van der Waals surface area contributed by atoms with E-state index in [1.165, 1.54) is 4.90 Å². The highest BCUT2D eigenvalue weighted by molar-refractivity contribution is 9.10. The smallest absolute Gasteiger partial charge is 0.0186 e. The van der Waals surface area contributed by atoms with Crippen molar-refractivity contribution in [3.63, 3.8) is 0 Å². The standard InChI is InChI=1S/C9H8BrClS/c10-8-3-1-4-9(7-8)12-6-2-5-11/h1-5,7H,6H2/b5-2+. The van der Waals surface area contributed by atoms with Gasteiger partial charge in [-0.2, -0.15) is 0 Å². The third-order valence-corrected chi connectivity index (χ3v) is 2.85. The minimum Gasteiger partial charge on any atom is -0.122 e. The third-order valence-electron chi connectivity index (χ3n) is 1.23. The molecular weight excluding hydrogens is 256 g/mol. The summed E-state index contributed by atoms with van der Waals surface area (Å²) in [4.78, 5) is 1.25. The van der Waals surface area contributed by atoms with Gasteiger partial charge in [-0.05, 0) is 18.2 Å². The zero-order valence-electron chi connectivity index (χ0n) is 6.34. The first-order valence-electron chi connectivity index (χ1n) is 3.46. The van der Waals surface area contributed by atoms with Crippen molar-refractivity contribution in [1.82, 2.24) is 0 Å². The van der Waals surface area contributed by atoms with Crippen LogP contribution in [0.1, 0.15) is 0 Å². The van der Waals surface area contributed by atoms with Gasteiger partial charge in [-0.3, -0.25) is 0 Å². The van der Waals surface area contributed by atoms with E-state index in [0.717, 1.165) is 10.2 Å². The Kier molecular flexibility index (Phi) is 4.81. The van der Waals surface area contributed by atoms with Gasteiger partial charge in [0.15, 0.2) is 0 Å².